The molecule has 3 atom stereocenters. The van der Waals surface area contributed by atoms with Gasteiger partial charge in [0.15, 0.2) is 0 Å². The maximum Gasteiger partial charge on any atom is 0.129 e. The van der Waals surface area contributed by atoms with Crippen LogP contribution in [-0.4, -0.2) is 25.4 Å². The van der Waals surface area contributed by atoms with Crippen LogP contribution in [0.1, 0.15) is 30.9 Å². The number of nitrogens with two attached hydrogens (primary N) is 1. The fraction of sp³-hybridized carbons (Fsp3) is 0.600. The van der Waals surface area contributed by atoms with Gasteiger partial charge < -0.3 is 15.2 Å². The summed E-state index contributed by atoms with van der Waals surface area (Å²) >= 11 is 3.27. The molecule has 5 heteroatoms. The third kappa shape index (κ3) is 2.77. The van der Waals surface area contributed by atoms with Crippen molar-refractivity contribution >= 4 is 15.9 Å². The maximum absolute atomic E-state index is 14.1. The Morgan fingerprint density at radius 1 is 1.40 bits per heavy atom. The van der Waals surface area contributed by atoms with Gasteiger partial charge in [-0.15, -0.1) is 0 Å². The zero-order chi connectivity index (χ0) is 14.2. The molecular weight excluding hydrogens is 325 g/mol. The summed E-state index contributed by atoms with van der Waals surface area (Å²) in [4.78, 5) is 0. The van der Waals surface area contributed by atoms with Crippen LogP contribution in [0.5, 0.6) is 0 Å². The third-order valence-electron chi connectivity index (χ3n) is 4.43. The Balaban J connectivity index is 1.77. The lowest BCUT2D eigenvalue weighted by Gasteiger charge is -2.39. The van der Waals surface area contributed by atoms with Crippen molar-refractivity contribution < 1.29 is 13.9 Å². The van der Waals surface area contributed by atoms with Gasteiger partial charge in [0.2, 0.25) is 0 Å². The molecule has 0 aliphatic carbocycles. The second-order valence-electron chi connectivity index (χ2n) is 5.78. The lowest BCUT2D eigenvalue weighted by atomic mass is 9.79. The number of rotatable bonds is 2. The van der Waals surface area contributed by atoms with E-state index in [4.69, 9.17) is 15.2 Å². The van der Waals surface area contributed by atoms with Crippen LogP contribution in [0, 0.1) is 11.7 Å². The molecule has 3 nitrogen and oxygen atoms in total. The van der Waals surface area contributed by atoms with E-state index in [1.54, 1.807) is 6.07 Å². The molecule has 110 valence electrons. The fourth-order valence-corrected chi connectivity index (χ4v) is 3.59. The number of ether oxygens (including phenoxy) is 2. The number of hydrogen-bond acceptors (Lipinski definition) is 3. The first-order chi connectivity index (χ1) is 9.60. The van der Waals surface area contributed by atoms with Gasteiger partial charge in [-0.3, -0.25) is 0 Å². The highest BCUT2D eigenvalue weighted by Crippen LogP contribution is 2.40. The summed E-state index contributed by atoms with van der Waals surface area (Å²) in [6.45, 7) is 2.06. The first-order valence-corrected chi connectivity index (χ1v) is 7.81. The van der Waals surface area contributed by atoms with Gasteiger partial charge in [-0.05, 0) is 30.9 Å². The Labute approximate surface area is 126 Å². The summed E-state index contributed by atoms with van der Waals surface area (Å²) < 4.78 is 26.2. The van der Waals surface area contributed by atoms with Crippen LogP contribution in [0.15, 0.2) is 22.7 Å². The molecule has 1 aromatic rings. The molecule has 2 aliphatic heterocycles. The molecular formula is C15H19BrFNO2. The molecule has 2 N–H and O–H groups in total. The van der Waals surface area contributed by atoms with E-state index in [2.05, 4.69) is 15.9 Å². The minimum Gasteiger partial charge on any atom is -0.378 e. The van der Waals surface area contributed by atoms with E-state index in [1.165, 1.54) is 6.07 Å². The molecule has 1 aromatic carbocycles. The van der Waals surface area contributed by atoms with Crippen LogP contribution >= 0.6 is 15.9 Å². The largest absolute Gasteiger partial charge is 0.378 e. The van der Waals surface area contributed by atoms with Gasteiger partial charge in [0, 0.05) is 35.7 Å². The third-order valence-corrected chi connectivity index (χ3v) is 4.92. The van der Waals surface area contributed by atoms with E-state index < -0.39 is 0 Å². The summed E-state index contributed by atoms with van der Waals surface area (Å²) in [5.41, 5.74) is 6.72. The fourth-order valence-electron chi connectivity index (χ4n) is 3.26. The lowest BCUT2D eigenvalue weighted by Crippen LogP contribution is -2.43. The highest BCUT2D eigenvalue weighted by atomic mass is 79.9. The predicted octanol–water partition coefficient (Wildman–Crippen LogP) is 3.17. The average molecular weight is 344 g/mol. The van der Waals surface area contributed by atoms with E-state index in [-0.39, 0.29) is 23.4 Å². The van der Waals surface area contributed by atoms with Gasteiger partial charge in [0.05, 0.1) is 12.2 Å². The van der Waals surface area contributed by atoms with E-state index in [0.717, 1.165) is 30.3 Å². The molecule has 0 bridgehead atoms. The Morgan fingerprint density at radius 3 is 2.95 bits per heavy atom. The Morgan fingerprint density at radius 2 is 2.25 bits per heavy atom. The van der Waals surface area contributed by atoms with Gasteiger partial charge in [-0.1, -0.05) is 22.0 Å². The molecule has 2 saturated heterocycles. The van der Waals surface area contributed by atoms with Gasteiger partial charge in [-0.25, -0.2) is 4.39 Å². The number of halogens is 2. The second-order valence-corrected chi connectivity index (χ2v) is 6.69. The van der Waals surface area contributed by atoms with Gasteiger partial charge in [0.1, 0.15) is 5.82 Å². The summed E-state index contributed by atoms with van der Waals surface area (Å²) in [5.74, 6) is -0.00351. The summed E-state index contributed by atoms with van der Waals surface area (Å²) in [7, 11) is 0. The van der Waals surface area contributed by atoms with Crippen molar-refractivity contribution in [1.29, 1.82) is 0 Å². The monoisotopic (exact) mass is 343 g/mol. The van der Waals surface area contributed by atoms with Crippen molar-refractivity contribution in [3.05, 3.63) is 34.1 Å². The van der Waals surface area contributed by atoms with Gasteiger partial charge in [-0.2, -0.15) is 0 Å². The molecule has 20 heavy (non-hydrogen) atoms. The molecule has 0 saturated carbocycles. The van der Waals surface area contributed by atoms with Crippen molar-refractivity contribution in [3.8, 4) is 0 Å². The van der Waals surface area contributed by atoms with E-state index >= 15 is 0 Å². The normalized spacial score (nSPS) is 31.6. The van der Waals surface area contributed by atoms with Crippen LogP contribution in [-0.2, 0) is 9.47 Å². The molecule has 0 amide bonds. The van der Waals surface area contributed by atoms with E-state index in [9.17, 15) is 4.39 Å². The van der Waals surface area contributed by atoms with E-state index in [1.807, 2.05) is 6.07 Å². The van der Waals surface area contributed by atoms with Gasteiger partial charge in [0.25, 0.3) is 0 Å². The van der Waals surface area contributed by atoms with Crippen LogP contribution in [0.25, 0.3) is 0 Å². The highest BCUT2D eigenvalue weighted by molar-refractivity contribution is 9.10. The molecule has 0 radical (unpaired) electrons. The highest BCUT2D eigenvalue weighted by Gasteiger charge is 2.42. The molecule has 3 unspecified atom stereocenters. The second kappa shape index (κ2) is 5.72. The molecule has 3 rings (SSSR count). The quantitative estimate of drug-likeness (QED) is 0.896. The minimum atomic E-state index is -0.288. The first-order valence-electron chi connectivity index (χ1n) is 7.02. The zero-order valence-corrected chi connectivity index (χ0v) is 12.9. The van der Waals surface area contributed by atoms with Crippen molar-refractivity contribution in [2.75, 3.05) is 19.8 Å². The molecule has 2 aliphatic rings. The lowest BCUT2D eigenvalue weighted by molar-refractivity contribution is -0.101. The molecule has 2 fully saturated rings. The number of benzene rings is 1. The Kier molecular flexibility index (Phi) is 4.13. The van der Waals surface area contributed by atoms with Crippen LogP contribution < -0.4 is 5.73 Å². The van der Waals surface area contributed by atoms with Crippen molar-refractivity contribution in [2.45, 2.75) is 30.9 Å². The topological polar surface area (TPSA) is 44.5 Å². The summed E-state index contributed by atoms with van der Waals surface area (Å²) in [5, 5.41) is 0. The molecule has 2 heterocycles. The summed E-state index contributed by atoms with van der Waals surface area (Å²) in [6, 6.07) is 4.80. The van der Waals surface area contributed by atoms with Crippen LogP contribution in [0.2, 0.25) is 0 Å². The Bertz CT molecular complexity index is 491. The molecule has 1 spiro atoms. The van der Waals surface area contributed by atoms with Crippen molar-refractivity contribution in [1.82, 2.24) is 0 Å². The standard InChI is InChI=1S/C15H19BrFNO2/c16-11-1-2-12(13(17)7-11)14(18)10-3-5-20-15(8-10)4-6-19-9-15/h1-2,7,10,14H,3-6,8-9,18H2. The van der Waals surface area contributed by atoms with Crippen molar-refractivity contribution in [3.63, 3.8) is 0 Å². The van der Waals surface area contributed by atoms with Crippen molar-refractivity contribution in [2.24, 2.45) is 11.7 Å². The SMILES string of the molecule is NC(c1ccc(Br)cc1F)C1CCOC2(CCOC2)C1. The average Bonchev–Trinajstić information content (AvgIpc) is 2.86. The maximum atomic E-state index is 14.1. The smallest absolute Gasteiger partial charge is 0.129 e. The zero-order valence-electron chi connectivity index (χ0n) is 11.3. The summed E-state index contributed by atoms with van der Waals surface area (Å²) in [6.07, 6.45) is 2.64. The van der Waals surface area contributed by atoms with Crippen LogP contribution in [0.3, 0.4) is 0 Å². The molecule has 0 aromatic heterocycles. The first kappa shape index (κ1) is 14.4. The number of hydrogen-bond donors (Lipinski definition) is 1. The van der Waals surface area contributed by atoms with E-state index in [0.29, 0.717) is 18.8 Å². The van der Waals surface area contributed by atoms with Gasteiger partial charge >= 0.3 is 0 Å². The van der Waals surface area contributed by atoms with Crippen LogP contribution in [0.4, 0.5) is 4.39 Å². The minimum absolute atomic E-state index is 0.188. The Hall–Kier alpha value is -0.490. The predicted molar refractivity (Wildman–Crippen MR) is 77.9 cm³/mol.